The molecule has 2 aliphatic rings. The number of thioether (sulfide) groups is 1. The van der Waals surface area contributed by atoms with Gasteiger partial charge in [0.25, 0.3) is 0 Å². The minimum absolute atomic E-state index is 0.170. The highest BCUT2D eigenvalue weighted by molar-refractivity contribution is 8.00. The molecule has 0 heterocycles. The highest BCUT2D eigenvalue weighted by atomic mass is 32.2. The number of hydrogen-bond acceptors (Lipinski definition) is 3. The molecule has 0 unspecified atom stereocenters. The Bertz CT molecular complexity index is 474. The van der Waals surface area contributed by atoms with Crippen molar-refractivity contribution in [2.45, 2.75) is 36.6 Å². The normalized spacial score (nSPS) is 27.6. The lowest BCUT2D eigenvalue weighted by Crippen LogP contribution is -2.39. The number of amides is 1. The van der Waals surface area contributed by atoms with E-state index in [1.54, 1.807) is 18.9 Å². The van der Waals surface area contributed by atoms with Crippen molar-refractivity contribution in [3.8, 4) is 5.75 Å². The van der Waals surface area contributed by atoms with Gasteiger partial charge in [-0.05, 0) is 55.4 Å². The van der Waals surface area contributed by atoms with Gasteiger partial charge in [-0.15, -0.1) is 11.8 Å². The van der Waals surface area contributed by atoms with Crippen molar-refractivity contribution in [1.82, 2.24) is 5.32 Å². The molecule has 2 aliphatic carbocycles. The summed E-state index contributed by atoms with van der Waals surface area (Å²) in [6.07, 6.45) is 5.21. The van der Waals surface area contributed by atoms with Gasteiger partial charge in [-0.25, -0.2) is 0 Å². The monoisotopic (exact) mass is 291 g/mol. The molecule has 0 radical (unpaired) electrons. The van der Waals surface area contributed by atoms with Crippen LogP contribution in [-0.4, -0.2) is 24.8 Å². The molecule has 3 rings (SSSR count). The molecule has 2 saturated carbocycles. The van der Waals surface area contributed by atoms with Gasteiger partial charge in [-0.1, -0.05) is 6.42 Å². The van der Waals surface area contributed by atoms with Gasteiger partial charge >= 0.3 is 0 Å². The third-order valence-corrected chi connectivity index (χ3v) is 5.53. The molecule has 3 atom stereocenters. The van der Waals surface area contributed by atoms with Crippen LogP contribution in [0.2, 0.25) is 0 Å². The number of benzene rings is 1. The van der Waals surface area contributed by atoms with E-state index in [0.29, 0.717) is 11.8 Å². The van der Waals surface area contributed by atoms with Crippen LogP contribution >= 0.6 is 11.8 Å². The molecule has 20 heavy (non-hydrogen) atoms. The van der Waals surface area contributed by atoms with E-state index < -0.39 is 0 Å². The van der Waals surface area contributed by atoms with Gasteiger partial charge in [0.05, 0.1) is 12.9 Å². The number of carbonyl (C=O) groups excluding carboxylic acids is 1. The molecule has 1 N–H and O–H groups in total. The van der Waals surface area contributed by atoms with Crippen LogP contribution in [0.15, 0.2) is 29.2 Å². The van der Waals surface area contributed by atoms with Crippen molar-refractivity contribution in [2.24, 2.45) is 11.8 Å². The average molecular weight is 291 g/mol. The second-order valence-corrected chi connectivity index (χ2v) is 6.86. The summed E-state index contributed by atoms with van der Waals surface area (Å²) >= 11 is 1.58. The fraction of sp³-hybridized carbons (Fsp3) is 0.562. The summed E-state index contributed by atoms with van der Waals surface area (Å²) in [5.74, 6) is 3.14. The first-order chi connectivity index (χ1) is 9.74. The molecule has 1 aromatic carbocycles. The largest absolute Gasteiger partial charge is 0.497 e. The maximum absolute atomic E-state index is 12.0. The summed E-state index contributed by atoms with van der Waals surface area (Å²) in [4.78, 5) is 13.1. The van der Waals surface area contributed by atoms with Crippen LogP contribution in [0.5, 0.6) is 5.75 Å². The van der Waals surface area contributed by atoms with Crippen LogP contribution in [0.25, 0.3) is 0 Å². The molecule has 3 nitrogen and oxygen atoms in total. The maximum atomic E-state index is 12.0. The Morgan fingerprint density at radius 3 is 2.70 bits per heavy atom. The third kappa shape index (κ3) is 3.11. The standard InChI is InChI=1S/C16H21NO2S/c1-19-13-4-6-14(7-5-13)20-10-16(18)17-15-9-11-2-3-12(15)8-11/h4-7,11-12,15H,2-3,8-10H2,1H3,(H,17,18)/t11-,12-,15+/m1/s1. The van der Waals surface area contributed by atoms with Gasteiger partial charge in [-0.3, -0.25) is 4.79 Å². The van der Waals surface area contributed by atoms with Crippen molar-refractivity contribution in [3.05, 3.63) is 24.3 Å². The predicted molar refractivity (Wildman–Crippen MR) is 81.1 cm³/mol. The Kier molecular flexibility index (Phi) is 4.20. The molecular formula is C16H21NO2S. The second kappa shape index (κ2) is 6.08. The van der Waals surface area contributed by atoms with Gasteiger partial charge in [-0.2, -0.15) is 0 Å². The fourth-order valence-corrected chi connectivity index (χ4v) is 4.20. The summed E-state index contributed by atoms with van der Waals surface area (Å²) < 4.78 is 5.12. The Labute approximate surface area is 124 Å². The van der Waals surface area contributed by atoms with E-state index in [1.165, 1.54) is 25.7 Å². The summed E-state index contributed by atoms with van der Waals surface area (Å²) in [5.41, 5.74) is 0. The number of hydrogen-bond donors (Lipinski definition) is 1. The number of fused-ring (bicyclic) bond motifs is 2. The molecule has 0 spiro atoms. The third-order valence-electron chi connectivity index (χ3n) is 4.51. The number of rotatable bonds is 5. The predicted octanol–water partition coefficient (Wildman–Crippen LogP) is 3.09. The molecule has 4 heteroatoms. The summed E-state index contributed by atoms with van der Waals surface area (Å²) in [6, 6.07) is 8.28. The first-order valence-corrected chi connectivity index (χ1v) is 8.29. The molecular weight excluding hydrogens is 270 g/mol. The van der Waals surface area contributed by atoms with Crippen LogP contribution < -0.4 is 10.1 Å². The Hall–Kier alpha value is -1.16. The SMILES string of the molecule is COc1ccc(SCC(=O)N[C@H]2C[C@@H]3CC[C@@H]2C3)cc1. The summed E-state index contributed by atoms with van der Waals surface area (Å²) in [6.45, 7) is 0. The van der Waals surface area contributed by atoms with E-state index in [0.717, 1.165) is 22.5 Å². The minimum atomic E-state index is 0.170. The molecule has 2 fully saturated rings. The molecule has 108 valence electrons. The van der Waals surface area contributed by atoms with Crippen molar-refractivity contribution in [2.75, 3.05) is 12.9 Å². The smallest absolute Gasteiger partial charge is 0.230 e. The van der Waals surface area contributed by atoms with Gasteiger partial charge in [0.1, 0.15) is 5.75 Å². The van der Waals surface area contributed by atoms with Gasteiger partial charge in [0, 0.05) is 10.9 Å². The molecule has 1 amide bonds. The van der Waals surface area contributed by atoms with Crippen LogP contribution in [0.4, 0.5) is 0 Å². The quantitative estimate of drug-likeness (QED) is 0.847. The van der Waals surface area contributed by atoms with E-state index in [4.69, 9.17) is 4.74 Å². The van der Waals surface area contributed by atoms with Crippen LogP contribution in [0.3, 0.4) is 0 Å². The molecule has 0 aromatic heterocycles. The van der Waals surface area contributed by atoms with E-state index in [-0.39, 0.29) is 5.91 Å². The highest BCUT2D eigenvalue weighted by Gasteiger charge is 2.39. The zero-order valence-electron chi connectivity index (χ0n) is 11.8. The minimum Gasteiger partial charge on any atom is -0.497 e. The van der Waals surface area contributed by atoms with Gasteiger partial charge in [0.2, 0.25) is 5.91 Å². The van der Waals surface area contributed by atoms with Crippen molar-refractivity contribution < 1.29 is 9.53 Å². The zero-order valence-corrected chi connectivity index (χ0v) is 12.6. The molecule has 2 bridgehead atoms. The Morgan fingerprint density at radius 2 is 2.10 bits per heavy atom. The first-order valence-electron chi connectivity index (χ1n) is 7.31. The lowest BCUT2D eigenvalue weighted by Gasteiger charge is -2.22. The molecule has 1 aromatic rings. The van der Waals surface area contributed by atoms with E-state index in [2.05, 4.69) is 5.32 Å². The molecule has 0 saturated heterocycles. The summed E-state index contributed by atoms with van der Waals surface area (Å²) in [5, 5.41) is 3.22. The van der Waals surface area contributed by atoms with Crippen LogP contribution in [-0.2, 0) is 4.79 Å². The maximum Gasteiger partial charge on any atom is 0.230 e. The highest BCUT2D eigenvalue weighted by Crippen LogP contribution is 2.44. The Balaban J connectivity index is 1.44. The number of nitrogens with one attached hydrogen (secondary N) is 1. The van der Waals surface area contributed by atoms with E-state index >= 15 is 0 Å². The topological polar surface area (TPSA) is 38.3 Å². The summed E-state index contributed by atoms with van der Waals surface area (Å²) in [7, 11) is 1.66. The number of ether oxygens (including phenoxy) is 1. The lowest BCUT2D eigenvalue weighted by molar-refractivity contribution is -0.119. The first kappa shape index (κ1) is 13.8. The van der Waals surface area contributed by atoms with Crippen molar-refractivity contribution in [1.29, 1.82) is 0 Å². The van der Waals surface area contributed by atoms with Crippen LogP contribution in [0.1, 0.15) is 25.7 Å². The Morgan fingerprint density at radius 1 is 1.30 bits per heavy atom. The average Bonchev–Trinajstić information content (AvgIpc) is 3.08. The van der Waals surface area contributed by atoms with Crippen molar-refractivity contribution in [3.63, 3.8) is 0 Å². The van der Waals surface area contributed by atoms with Crippen molar-refractivity contribution >= 4 is 17.7 Å². The molecule has 0 aliphatic heterocycles. The lowest BCUT2D eigenvalue weighted by atomic mass is 9.95. The van der Waals surface area contributed by atoms with E-state index in [1.807, 2.05) is 24.3 Å². The number of carbonyl (C=O) groups is 1. The zero-order chi connectivity index (χ0) is 13.9. The van der Waals surface area contributed by atoms with Gasteiger partial charge in [0.15, 0.2) is 0 Å². The number of methoxy groups -OCH3 is 1. The van der Waals surface area contributed by atoms with Gasteiger partial charge < -0.3 is 10.1 Å². The van der Waals surface area contributed by atoms with Crippen LogP contribution in [0, 0.1) is 11.8 Å². The van der Waals surface area contributed by atoms with E-state index in [9.17, 15) is 4.79 Å². The second-order valence-electron chi connectivity index (χ2n) is 5.81. The fourth-order valence-electron chi connectivity index (χ4n) is 3.49.